The zero-order chi connectivity index (χ0) is 11.3. The van der Waals surface area contributed by atoms with Gasteiger partial charge in [-0.05, 0) is 52.9 Å². The molecule has 0 aliphatic heterocycles. The second kappa shape index (κ2) is 3.57. The predicted octanol–water partition coefficient (Wildman–Crippen LogP) is 3.78. The van der Waals surface area contributed by atoms with Gasteiger partial charge in [0.2, 0.25) is 0 Å². The van der Waals surface area contributed by atoms with Crippen LogP contribution in [0.1, 0.15) is 24.7 Å². The van der Waals surface area contributed by atoms with Crippen LogP contribution >= 0.6 is 15.9 Å². The van der Waals surface area contributed by atoms with Crippen LogP contribution in [0.3, 0.4) is 0 Å². The van der Waals surface area contributed by atoms with E-state index in [1.165, 1.54) is 6.07 Å². The summed E-state index contributed by atoms with van der Waals surface area (Å²) in [6.07, 6.45) is 1.43. The maximum Gasteiger partial charge on any atom is 0.151 e. The molecule has 16 heavy (non-hydrogen) atoms. The van der Waals surface area contributed by atoms with E-state index in [9.17, 15) is 9.50 Å². The van der Waals surface area contributed by atoms with Gasteiger partial charge in [0.05, 0.1) is 9.86 Å². The first kappa shape index (κ1) is 10.3. The van der Waals surface area contributed by atoms with Gasteiger partial charge in [0.25, 0.3) is 0 Å². The number of furan rings is 1. The van der Waals surface area contributed by atoms with E-state index in [-0.39, 0.29) is 11.7 Å². The van der Waals surface area contributed by atoms with Gasteiger partial charge in [-0.2, -0.15) is 0 Å². The molecule has 1 fully saturated rings. The Balaban J connectivity index is 2.14. The van der Waals surface area contributed by atoms with Crippen molar-refractivity contribution in [2.24, 2.45) is 5.92 Å². The molecule has 0 spiro atoms. The minimum absolute atomic E-state index is 0.280. The van der Waals surface area contributed by atoms with Crippen molar-refractivity contribution in [3.05, 3.63) is 34.2 Å². The van der Waals surface area contributed by atoms with Gasteiger partial charge in [-0.15, -0.1) is 0 Å². The highest BCUT2D eigenvalue weighted by Gasteiger charge is 2.33. The smallest absolute Gasteiger partial charge is 0.151 e. The minimum atomic E-state index is -0.598. The van der Waals surface area contributed by atoms with Crippen LogP contribution in [0.25, 0.3) is 11.0 Å². The molecule has 2 nitrogen and oxygen atoms in total. The standard InChI is InChI=1S/C12H10BrFO2/c13-8-3-4-9(14)7-5-10(16-12(7)8)11(15)6-1-2-6/h3-6,11,15H,1-2H2. The number of fused-ring (bicyclic) bond motifs is 1. The fraction of sp³-hybridized carbons (Fsp3) is 0.333. The van der Waals surface area contributed by atoms with E-state index >= 15 is 0 Å². The van der Waals surface area contributed by atoms with E-state index in [1.54, 1.807) is 12.1 Å². The molecule has 2 aromatic rings. The van der Waals surface area contributed by atoms with Gasteiger partial charge in [-0.3, -0.25) is 0 Å². The lowest BCUT2D eigenvalue weighted by Gasteiger charge is -2.03. The van der Waals surface area contributed by atoms with Crippen LogP contribution in [0.2, 0.25) is 0 Å². The highest BCUT2D eigenvalue weighted by Crippen LogP contribution is 2.43. The van der Waals surface area contributed by atoms with Gasteiger partial charge in [0, 0.05) is 0 Å². The summed E-state index contributed by atoms with van der Waals surface area (Å²) in [5.41, 5.74) is 0.467. The second-order valence-corrected chi connectivity index (χ2v) is 5.06. The Morgan fingerprint density at radius 3 is 2.81 bits per heavy atom. The number of hydrogen-bond acceptors (Lipinski definition) is 2. The van der Waals surface area contributed by atoms with Gasteiger partial charge < -0.3 is 9.52 Å². The number of aliphatic hydroxyl groups excluding tert-OH is 1. The molecule has 0 bridgehead atoms. The molecule has 1 aromatic heterocycles. The molecule has 0 radical (unpaired) electrons. The fourth-order valence-corrected chi connectivity index (χ4v) is 2.29. The predicted molar refractivity (Wildman–Crippen MR) is 61.6 cm³/mol. The summed E-state index contributed by atoms with van der Waals surface area (Å²) in [6.45, 7) is 0. The van der Waals surface area contributed by atoms with Crippen LogP contribution in [-0.4, -0.2) is 5.11 Å². The maximum atomic E-state index is 13.5. The summed E-state index contributed by atoms with van der Waals surface area (Å²) in [5.74, 6) is 0.418. The first-order valence-electron chi connectivity index (χ1n) is 5.22. The Kier molecular flexibility index (Phi) is 2.30. The summed E-state index contributed by atoms with van der Waals surface area (Å²) in [4.78, 5) is 0. The van der Waals surface area contributed by atoms with Crippen LogP contribution in [-0.2, 0) is 0 Å². The molecule has 1 aliphatic rings. The summed E-state index contributed by atoms with van der Waals surface area (Å²) >= 11 is 3.30. The third-order valence-electron chi connectivity index (χ3n) is 2.96. The van der Waals surface area contributed by atoms with Gasteiger partial charge >= 0.3 is 0 Å². The third-order valence-corrected chi connectivity index (χ3v) is 3.59. The molecule has 1 atom stereocenters. The Morgan fingerprint density at radius 2 is 2.19 bits per heavy atom. The average Bonchev–Trinajstić information content (AvgIpc) is 3.01. The molecule has 1 aromatic carbocycles. The van der Waals surface area contributed by atoms with Crippen molar-refractivity contribution >= 4 is 26.9 Å². The van der Waals surface area contributed by atoms with Crippen LogP contribution in [0.15, 0.2) is 27.1 Å². The molecule has 0 saturated heterocycles. The van der Waals surface area contributed by atoms with E-state index < -0.39 is 6.10 Å². The molecular weight excluding hydrogens is 275 g/mol. The summed E-state index contributed by atoms with van der Waals surface area (Å²) in [6, 6.07) is 4.59. The van der Waals surface area contributed by atoms with Crippen LogP contribution in [0, 0.1) is 11.7 Å². The summed E-state index contributed by atoms with van der Waals surface area (Å²) in [5, 5.41) is 10.3. The van der Waals surface area contributed by atoms with Gasteiger partial charge in [-0.1, -0.05) is 0 Å². The molecule has 1 heterocycles. The number of benzene rings is 1. The molecule has 3 rings (SSSR count). The van der Waals surface area contributed by atoms with Crippen molar-refractivity contribution in [3.63, 3.8) is 0 Å². The van der Waals surface area contributed by atoms with E-state index in [1.807, 2.05) is 0 Å². The zero-order valence-electron chi connectivity index (χ0n) is 8.41. The monoisotopic (exact) mass is 284 g/mol. The number of rotatable bonds is 2. The Morgan fingerprint density at radius 1 is 1.44 bits per heavy atom. The van der Waals surface area contributed by atoms with Crippen molar-refractivity contribution in [2.45, 2.75) is 18.9 Å². The van der Waals surface area contributed by atoms with Crippen LogP contribution < -0.4 is 0 Å². The highest BCUT2D eigenvalue weighted by atomic mass is 79.9. The zero-order valence-corrected chi connectivity index (χ0v) is 10.00. The maximum absolute atomic E-state index is 13.5. The van der Waals surface area contributed by atoms with Crippen molar-refractivity contribution < 1.29 is 13.9 Å². The molecule has 1 saturated carbocycles. The van der Waals surface area contributed by atoms with Gasteiger partial charge in [0.1, 0.15) is 17.7 Å². The van der Waals surface area contributed by atoms with Gasteiger partial charge in [-0.25, -0.2) is 4.39 Å². The van der Waals surface area contributed by atoms with Gasteiger partial charge in [0.15, 0.2) is 5.58 Å². The van der Waals surface area contributed by atoms with Crippen molar-refractivity contribution in [1.29, 1.82) is 0 Å². The van der Waals surface area contributed by atoms with Crippen LogP contribution in [0.5, 0.6) is 0 Å². The molecule has 0 amide bonds. The Bertz CT molecular complexity index is 506. The second-order valence-electron chi connectivity index (χ2n) is 4.20. The first-order chi connectivity index (χ1) is 7.66. The first-order valence-corrected chi connectivity index (χ1v) is 6.01. The van der Waals surface area contributed by atoms with Crippen molar-refractivity contribution in [2.75, 3.05) is 0 Å². The number of hydrogen-bond donors (Lipinski definition) is 1. The lowest BCUT2D eigenvalue weighted by molar-refractivity contribution is 0.129. The summed E-state index contributed by atoms with van der Waals surface area (Å²) in [7, 11) is 0. The highest BCUT2D eigenvalue weighted by molar-refractivity contribution is 9.10. The number of halogens is 2. The van der Waals surface area contributed by atoms with E-state index in [0.29, 0.717) is 21.2 Å². The average molecular weight is 285 g/mol. The molecule has 1 N–H and O–H groups in total. The largest absolute Gasteiger partial charge is 0.457 e. The van der Waals surface area contributed by atoms with E-state index in [2.05, 4.69) is 15.9 Å². The topological polar surface area (TPSA) is 33.4 Å². The lowest BCUT2D eigenvalue weighted by Crippen LogP contribution is -1.96. The normalized spacial score (nSPS) is 17.9. The minimum Gasteiger partial charge on any atom is -0.457 e. The molecule has 1 unspecified atom stereocenters. The SMILES string of the molecule is OC(c1cc2c(F)ccc(Br)c2o1)C1CC1. The van der Waals surface area contributed by atoms with Crippen LogP contribution in [0.4, 0.5) is 4.39 Å². The molecule has 4 heteroatoms. The quantitative estimate of drug-likeness (QED) is 0.911. The summed E-state index contributed by atoms with van der Waals surface area (Å²) < 4.78 is 19.7. The third kappa shape index (κ3) is 1.57. The molecule has 1 aliphatic carbocycles. The molecular formula is C12H10BrFO2. The Labute approximate surface area is 100 Å². The molecule has 84 valence electrons. The number of aliphatic hydroxyl groups is 1. The Hall–Kier alpha value is -0.870. The fourth-order valence-electron chi connectivity index (χ4n) is 1.87. The van der Waals surface area contributed by atoms with E-state index in [0.717, 1.165) is 12.8 Å². The van der Waals surface area contributed by atoms with Crippen molar-refractivity contribution in [1.82, 2.24) is 0 Å². The van der Waals surface area contributed by atoms with Crippen molar-refractivity contribution in [3.8, 4) is 0 Å². The lowest BCUT2D eigenvalue weighted by atomic mass is 10.1. The van der Waals surface area contributed by atoms with E-state index in [4.69, 9.17) is 4.42 Å².